The predicted octanol–water partition coefficient (Wildman–Crippen LogP) is 9.50. The summed E-state index contributed by atoms with van der Waals surface area (Å²) in [5.41, 5.74) is 1.32. The van der Waals surface area contributed by atoms with E-state index in [2.05, 4.69) is 58.0 Å². The standard InChI is InChI=1S/C31H43F3N2O4Si/c1-19(2)41(20(3)4,21(5)6)17-16-22-14-13-15-24-26(22)23(31(32,33)34)18-25(35-24)36(27(37)39-29(7,8)9)28(38)40-30(10,11)12/h13-15,18-21H,1-12H3. The Kier molecular flexibility index (Phi) is 10.0. The van der Waals surface area contributed by atoms with Crippen LogP contribution in [-0.4, -0.2) is 36.4 Å². The topological polar surface area (TPSA) is 68.7 Å². The molecule has 1 aromatic heterocycles. The van der Waals surface area contributed by atoms with Crippen LogP contribution >= 0.6 is 0 Å². The lowest BCUT2D eigenvalue weighted by atomic mass is 10.0. The Morgan fingerprint density at radius 3 is 1.71 bits per heavy atom. The zero-order valence-electron chi connectivity index (χ0n) is 26.2. The van der Waals surface area contributed by atoms with Gasteiger partial charge >= 0.3 is 18.4 Å². The van der Waals surface area contributed by atoms with E-state index in [4.69, 9.17) is 9.47 Å². The summed E-state index contributed by atoms with van der Waals surface area (Å²) in [7, 11) is -2.26. The van der Waals surface area contributed by atoms with Crippen LogP contribution < -0.4 is 4.90 Å². The second kappa shape index (κ2) is 12.0. The number of imide groups is 1. The Morgan fingerprint density at radius 2 is 1.32 bits per heavy atom. The van der Waals surface area contributed by atoms with Crippen LogP contribution in [0.5, 0.6) is 0 Å². The predicted molar refractivity (Wildman–Crippen MR) is 160 cm³/mol. The van der Waals surface area contributed by atoms with Crippen molar-refractivity contribution in [1.82, 2.24) is 4.98 Å². The molecule has 0 saturated heterocycles. The van der Waals surface area contributed by atoms with E-state index in [1.54, 1.807) is 53.7 Å². The number of carbonyl (C=O) groups is 2. The normalized spacial score (nSPS) is 12.9. The molecule has 1 heterocycles. The first-order valence-electron chi connectivity index (χ1n) is 13.8. The second-order valence-electron chi connectivity index (χ2n) is 13.2. The van der Waals surface area contributed by atoms with Crippen molar-refractivity contribution < 1.29 is 32.2 Å². The van der Waals surface area contributed by atoms with E-state index in [0.29, 0.717) is 11.0 Å². The van der Waals surface area contributed by atoms with Crippen LogP contribution in [-0.2, 0) is 15.7 Å². The first kappa shape index (κ1) is 34.1. The van der Waals surface area contributed by atoms with Crippen molar-refractivity contribution in [2.24, 2.45) is 0 Å². The minimum atomic E-state index is -4.84. The molecule has 41 heavy (non-hydrogen) atoms. The maximum absolute atomic E-state index is 14.6. The van der Waals surface area contributed by atoms with Crippen LogP contribution in [0.1, 0.15) is 94.2 Å². The number of hydrogen-bond donors (Lipinski definition) is 0. The molecule has 2 amide bonds. The fraction of sp³-hybridized carbons (Fsp3) is 0.581. The number of carbonyl (C=O) groups excluding carboxylic acids is 2. The molecule has 0 atom stereocenters. The highest BCUT2D eigenvalue weighted by Gasteiger charge is 2.42. The van der Waals surface area contributed by atoms with Crippen molar-refractivity contribution >= 4 is 37.0 Å². The van der Waals surface area contributed by atoms with Gasteiger partial charge in [0.2, 0.25) is 0 Å². The number of amides is 2. The van der Waals surface area contributed by atoms with E-state index in [1.165, 1.54) is 6.07 Å². The van der Waals surface area contributed by atoms with E-state index >= 15 is 0 Å². The Morgan fingerprint density at radius 1 is 0.854 bits per heavy atom. The summed E-state index contributed by atoms with van der Waals surface area (Å²) in [5, 5.41) is -0.191. The second-order valence-corrected chi connectivity index (χ2v) is 18.7. The van der Waals surface area contributed by atoms with Crippen molar-refractivity contribution in [2.75, 3.05) is 4.90 Å². The molecule has 0 spiro atoms. The molecule has 0 radical (unpaired) electrons. The van der Waals surface area contributed by atoms with Gasteiger partial charge in [0.25, 0.3) is 0 Å². The molecule has 0 unspecified atom stereocenters. The summed E-state index contributed by atoms with van der Waals surface area (Å²) >= 11 is 0. The van der Waals surface area contributed by atoms with Crippen LogP contribution in [0.2, 0.25) is 16.6 Å². The Hall–Kier alpha value is -3.06. The lowest BCUT2D eigenvalue weighted by Gasteiger charge is -2.38. The van der Waals surface area contributed by atoms with Crippen LogP contribution in [0, 0.1) is 11.5 Å². The summed E-state index contributed by atoms with van der Waals surface area (Å²) in [6.45, 7) is 22.2. The lowest BCUT2D eigenvalue weighted by Crippen LogP contribution is -2.44. The minimum Gasteiger partial charge on any atom is -0.443 e. The number of rotatable bonds is 4. The number of benzene rings is 1. The van der Waals surface area contributed by atoms with Gasteiger partial charge in [0.05, 0.1) is 11.1 Å². The van der Waals surface area contributed by atoms with Gasteiger partial charge in [-0.05, 0) is 76.4 Å². The molecule has 2 rings (SSSR count). The number of nitrogens with zero attached hydrogens (tertiary/aromatic N) is 2. The van der Waals surface area contributed by atoms with Crippen LogP contribution in [0.25, 0.3) is 10.9 Å². The molecule has 10 heteroatoms. The van der Waals surface area contributed by atoms with Gasteiger partial charge in [-0.25, -0.2) is 14.6 Å². The van der Waals surface area contributed by atoms with Gasteiger partial charge in [-0.1, -0.05) is 53.5 Å². The third kappa shape index (κ3) is 8.03. The largest absolute Gasteiger partial charge is 0.443 e. The highest BCUT2D eigenvalue weighted by molar-refractivity contribution is 6.90. The molecule has 0 N–H and O–H groups in total. The number of aromatic nitrogens is 1. The summed E-state index contributed by atoms with van der Waals surface area (Å²) in [6, 6.07) is 5.20. The number of halogens is 3. The molecule has 0 aliphatic rings. The highest BCUT2D eigenvalue weighted by atomic mass is 28.3. The van der Waals surface area contributed by atoms with Crippen molar-refractivity contribution in [1.29, 1.82) is 0 Å². The molecule has 226 valence electrons. The maximum Gasteiger partial charge on any atom is 0.425 e. The summed E-state index contributed by atoms with van der Waals surface area (Å²) in [6.07, 6.45) is -7.25. The fourth-order valence-electron chi connectivity index (χ4n) is 5.20. The summed E-state index contributed by atoms with van der Waals surface area (Å²) in [5.74, 6) is 2.55. The van der Waals surface area contributed by atoms with Gasteiger partial charge < -0.3 is 9.47 Å². The molecule has 1 aromatic carbocycles. The van der Waals surface area contributed by atoms with Gasteiger partial charge in [-0.15, -0.1) is 5.54 Å². The van der Waals surface area contributed by atoms with E-state index < -0.39 is 49.0 Å². The SMILES string of the molecule is CC(C)[Si](C#Cc1cccc2nc(N(C(=O)OC(C)(C)C)C(=O)OC(C)(C)C)cc(C(F)(F)F)c12)(C(C)C)C(C)C. The quantitative estimate of drug-likeness (QED) is 0.261. The maximum atomic E-state index is 14.6. The molecule has 2 aromatic rings. The summed E-state index contributed by atoms with van der Waals surface area (Å²) in [4.78, 5) is 31.0. The minimum absolute atomic E-state index is 0.0651. The summed E-state index contributed by atoms with van der Waals surface area (Å²) < 4.78 is 54.6. The Labute approximate surface area is 243 Å². The third-order valence-corrected chi connectivity index (χ3v) is 13.1. The number of alkyl halides is 3. The third-order valence-electron chi connectivity index (χ3n) is 6.79. The molecule has 0 fully saturated rings. The molecule has 0 saturated carbocycles. The number of pyridine rings is 1. The van der Waals surface area contributed by atoms with E-state index in [9.17, 15) is 22.8 Å². The van der Waals surface area contributed by atoms with Crippen LogP contribution in [0.3, 0.4) is 0 Å². The number of fused-ring (bicyclic) bond motifs is 1. The average Bonchev–Trinajstić information content (AvgIpc) is 2.75. The average molecular weight is 593 g/mol. The molecule has 0 bridgehead atoms. The number of anilines is 1. The molecule has 0 aliphatic heterocycles. The smallest absolute Gasteiger partial charge is 0.425 e. The van der Waals surface area contributed by atoms with Crippen molar-refractivity contribution in [3.05, 3.63) is 35.4 Å². The van der Waals surface area contributed by atoms with Gasteiger partial charge in [-0.2, -0.15) is 18.1 Å². The first-order valence-corrected chi connectivity index (χ1v) is 16.0. The van der Waals surface area contributed by atoms with Crippen LogP contribution in [0.4, 0.5) is 28.6 Å². The lowest BCUT2D eigenvalue weighted by molar-refractivity contribution is -0.136. The van der Waals surface area contributed by atoms with Crippen molar-refractivity contribution in [2.45, 2.75) is 117 Å². The molecule has 0 aliphatic carbocycles. The monoisotopic (exact) mass is 592 g/mol. The Balaban J connectivity index is 2.92. The number of ether oxygens (including phenoxy) is 2. The van der Waals surface area contributed by atoms with E-state index in [0.717, 1.165) is 0 Å². The fourth-order valence-corrected chi connectivity index (χ4v) is 10.4. The molecular weight excluding hydrogens is 549 g/mol. The zero-order chi connectivity index (χ0) is 31.7. The van der Waals surface area contributed by atoms with Crippen molar-refractivity contribution in [3.63, 3.8) is 0 Å². The van der Waals surface area contributed by atoms with Gasteiger partial charge in [0, 0.05) is 10.9 Å². The number of hydrogen-bond acceptors (Lipinski definition) is 5. The first-order chi connectivity index (χ1) is 18.5. The van der Waals surface area contributed by atoms with Gasteiger partial charge in [0.1, 0.15) is 25.1 Å². The molecular formula is C31H43F3N2O4Si. The zero-order valence-corrected chi connectivity index (χ0v) is 27.2. The van der Waals surface area contributed by atoms with E-state index in [1.807, 2.05) is 0 Å². The van der Waals surface area contributed by atoms with E-state index in [-0.39, 0.29) is 33.1 Å². The van der Waals surface area contributed by atoms with Gasteiger partial charge in [-0.3, -0.25) is 0 Å². The van der Waals surface area contributed by atoms with Gasteiger partial charge in [0.15, 0.2) is 0 Å². The van der Waals surface area contributed by atoms with Crippen LogP contribution in [0.15, 0.2) is 24.3 Å². The molecule has 6 nitrogen and oxygen atoms in total. The Bertz CT molecular complexity index is 1290. The van der Waals surface area contributed by atoms with Crippen molar-refractivity contribution in [3.8, 4) is 11.5 Å². The highest BCUT2D eigenvalue weighted by Crippen LogP contribution is 2.42.